The summed E-state index contributed by atoms with van der Waals surface area (Å²) in [7, 11) is 0. The molecule has 0 amide bonds. The molecule has 0 aliphatic rings. The first-order valence-electron chi connectivity index (χ1n) is 10.0. The van der Waals surface area contributed by atoms with E-state index >= 15 is 0 Å². The zero-order chi connectivity index (χ0) is 21.3. The van der Waals surface area contributed by atoms with E-state index < -0.39 is 0 Å². The molecule has 0 saturated heterocycles. The van der Waals surface area contributed by atoms with Crippen LogP contribution in [0.25, 0.3) is 51.5 Å². The van der Waals surface area contributed by atoms with Crippen molar-refractivity contribution in [2.45, 2.75) is 0 Å². The zero-order valence-corrected chi connectivity index (χ0v) is 20.0. The van der Waals surface area contributed by atoms with Crippen LogP contribution in [-0.2, 0) is 0 Å². The number of hydrogen-bond acceptors (Lipinski definition) is 6. The molecule has 0 fully saturated rings. The highest BCUT2D eigenvalue weighted by Gasteiger charge is 2.11. The molecule has 32 heavy (non-hydrogen) atoms. The van der Waals surface area contributed by atoms with Crippen LogP contribution in [0.3, 0.4) is 0 Å². The average Bonchev–Trinajstić information content (AvgIpc) is 3.66. The van der Waals surface area contributed by atoms with Gasteiger partial charge in [0.15, 0.2) is 0 Å². The Hall–Kier alpha value is -2.90. The Labute approximate surface area is 202 Å². The van der Waals surface area contributed by atoms with Gasteiger partial charge in [0.2, 0.25) is 0 Å². The van der Waals surface area contributed by atoms with Gasteiger partial charge < -0.3 is 0 Å². The minimum absolute atomic E-state index is 1.16. The highest BCUT2D eigenvalue weighted by atomic mass is 32.1. The van der Waals surface area contributed by atoms with E-state index in [1.54, 1.807) is 22.7 Å². The monoisotopic (exact) mass is 484 g/mol. The molecule has 0 saturated carbocycles. The lowest BCUT2D eigenvalue weighted by Gasteiger charge is -2.01. The Bertz CT molecular complexity index is 1360. The molecule has 6 aromatic rings. The summed E-state index contributed by atoms with van der Waals surface area (Å²) in [6.07, 6.45) is 7.78. The second-order valence-corrected chi connectivity index (χ2v) is 11.3. The van der Waals surface area contributed by atoms with Gasteiger partial charge in [-0.2, -0.15) is 0 Å². The van der Waals surface area contributed by atoms with Crippen molar-refractivity contribution in [3.05, 3.63) is 96.2 Å². The topological polar surface area (TPSA) is 25.8 Å². The second-order valence-electron chi connectivity index (χ2n) is 7.21. The number of rotatable bonds is 5. The summed E-state index contributed by atoms with van der Waals surface area (Å²) in [5, 5.41) is 4.20. The normalized spacial score (nSPS) is 11.1. The standard InChI is InChI=1S/C26H16N2S4/c1-3-21(29-9-1)17-11-19(15-27-13-17)23-5-7-25(31-23)26-8-6-24(32-26)20-12-18(14-28-16-20)22-4-2-10-30-22/h1-16H. The lowest BCUT2D eigenvalue weighted by atomic mass is 10.1. The molecule has 0 spiro atoms. The van der Waals surface area contributed by atoms with Crippen LogP contribution in [-0.4, -0.2) is 9.97 Å². The second kappa shape index (κ2) is 8.56. The molecule has 6 rings (SSSR count). The van der Waals surface area contributed by atoms with Crippen molar-refractivity contribution in [1.82, 2.24) is 9.97 Å². The Morgan fingerprint density at radius 1 is 0.438 bits per heavy atom. The fraction of sp³-hybridized carbons (Fsp3) is 0. The number of thiophene rings is 4. The minimum atomic E-state index is 1.16. The predicted octanol–water partition coefficient (Wildman–Crippen LogP) is 9.06. The fourth-order valence-electron chi connectivity index (χ4n) is 3.56. The SMILES string of the molecule is c1csc(-c2cncc(-c3ccc(-c4ccc(-c5cncc(-c6cccs6)c5)s4)s3)c2)c1. The van der Waals surface area contributed by atoms with Gasteiger partial charge in [-0.1, -0.05) is 12.1 Å². The Kier molecular flexibility index (Phi) is 5.29. The van der Waals surface area contributed by atoms with Crippen LogP contribution in [0.2, 0.25) is 0 Å². The van der Waals surface area contributed by atoms with Gasteiger partial charge in [0.1, 0.15) is 0 Å². The van der Waals surface area contributed by atoms with Crippen molar-refractivity contribution in [3.8, 4) is 51.5 Å². The maximum Gasteiger partial charge on any atom is 0.0449 e. The molecule has 0 unspecified atom stereocenters. The molecular weight excluding hydrogens is 469 g/mol. The zero-order valence-electron chi connectivity index (χ0n) is 16.8. The van der Waals surface area contributed by atoms with Gasteiger partial charge >= 0.3 is 0 Å². The minimum Gasteiger partial charge on any atom is -0.263 e. The van der Waals surface area contributed by atoms with Crippen LogP contribution in [0.4, 0.5) is 0 Å². The van der Waals surface area contributed by atoms with E-state index in [1.165, 1.54) is 40.4 Å². The van der Waals surface area contributed by atoms with Gasteiger partial charge in [-0.25, -0.2) is 0 Å². The van der Waals surface area contributed by atoms with Crippen LogP contribution in [0.15, 0.2) is 96.2 Å². The summed E-state index contributed by atoms with van der Waals surface area (Å²) in [6, 6.07) is 21.7. The van der Waals surface area contributed by atoms with Crippen molar-refractivity contribution in [1.29, 1.82) is 0 Å². The summed E-state index contributed by atoms with van der Waals surface area (Å²) in [5.41, 5.74) is 4.67. The van der Waals surface area contributed by atoms with E-state index in [4.69, 9.17) is 0 Å². The van der Waals surface area contributed by atoms with E-state index in [0.717, 1.165) is 11.1 Å². The molecule has 6 heterocycles. The van der Waals surface area contributed by atoms with Gasteiger partial charge in [0.05, 0.1) is 0 Å². The summed E-state index contributed by atoms with van der Waals surface area (Å²) in [6.45, 7) is 0. The molecule has 6 heteroatoms. The first kappa shape index (κ1) is 19.8. The van der Waals surface area contributed by atoms with Gasteiger partial charge in [0, 0.05) is 76.3 Å². The maximum atomic E-state index is 4.48. The molecule has 0 aliphatic carbocycles. The summed E-state index contributed by atoms with van der Waals surface area (Å²) < 4.78 is 0. The molecule has 0 atom stereocenters. The van der Waals surface area contributed by atoms with E-state index in [0.29, 0.717) is 0 Å². The van der Waals surface area contributed by atoms with E-state index in [-0.39, 0.29) is 0 Å². The highest BCUT2D eigenvalue weighted by molar-refractivity contribution is 7.25. The number of nitrogens with zero attached hydrogens (tertiary/aromatic N) is 2. The summed E-state index contributed by atoms with van der Waals surface area (Å²) >= 11 is 7.12. The molecular formula is C26H16N2S4. The molecule has 0 bridgehead atoms. The van der Waals surface area contributed by atoms with Gasteiger partial charge in [-0.05, 0) is 59.3 Å². The Morgan fingerprint density at radius 2 is 0.844 bits per heavy atom. The van der Waals surface area contributed by atoms with Crippen molar-refractivity contribution in [3.63, 3.8) is 0 Å². The first-order chi connectivity index (χ1) is 15.8. The smallest absolute Gasteiger partial charge is 0.0449 e. The molecule has 154 valence electrons. The number of pyridine rings is 2. The lowest BCUT2D eigenvalue weighted by molar-refractivity contribution is 1.34. The molecule has 6 aromatic heterocycles. The van der Waals surface area contributed by atoms with Crippen molar-refractivity contribution < 1.29 is 0 Å². The van der Waals surface area contributed by atoms with Crippen LogP contribution >= 0.6 is 45.3 Å². The third-order valence-electron chi connectivity index (χ3n) is 5.11. The van der Waals surface area contributed by atoms with Gasteiger partial charge in [0.25, 0.3) is 0 Å². The van der Waals surface area contributed by atoms with Gasteiger partial charge in [-0.3, -0.25) is 9.97 Å². The predicted molar refractivity (Wildman–Crippen MR) is 141 cm³/mol. The van der Waals surface area contributed by atoms with Crippen LogP contribution in [0.1, 0.15) is 0 Å². The largest absolute Gasteiger partial charge is 0.263 e. The third-order valence-corrected chi connectivity index (χ3v) is 9.41. The van der Waals surface area contributed by atoms with E-state index in [2.05, 4.69) is 81.4 Å². The molecule has 0 aliphatic heterocycles. The van der Waals surface area contributed by atoms with Crippen LogP contribution < -0.4 is 0 Å². The number of aromatic nitrogens is 2. The van der Waals surface area contributed by atoms with E-state index in [9.17, 15) is 0 Å². The Morgan fingerprint density at radius 3 is 1.25 bits per heavy atom. The summed E-state index contributed by atoms with van der Waals surface area (Å²) in [4.78, 5) is 16.5. The quantitative estimate of drug-likeness (QED) is 0.244. The van der Waals surface area contributed by atoms with Crippen LogP contribution in [0, 0.1) is 0 Å². The van der Waals surface area contributed by atoms with Crippen molar-refractivity contribution in [2.75, 3.05) is 0 Å². The summed E-state index contributed by atoms with van der Waals surface area (Å²) in [5.74, 6) is 0. The number of hydrogen-bond donors (Lipinski definition) is 0. The average molecular weight is 485 g/mol. The van der Waals surface area contributed by atoms with E-state index in [1.807, 2.05) is 47.5 Å². The fourth-order valence-corrected chi connectivity index (χ4v) is 7.04. The Balaban J connectivity index is 1.29. The highest BCUT2D eigenvalue weighted by Crippen LogP contribution is 2.41. The third kappa shape index (κ3) is 3.87. The van der Waals surface area contributed by atoms with Crippen molar-refractivity contribution >= 4 is 45.3 Å². The maximum absolute atomic E-state index is 4.48. The van der Waals surface area contributed by atoms with Crippen molar-refractivity contribution in [2.24, 2.45) is 0 Å². The molecule has 2 nitrogen and oxygen atoms in total. The lowest BCUT2D eigenvalue weighted by Crippen LogP contribution is -1.79. The molecule has 0 N–H and O–H groups in total. The van der Waals surface area contributed by atoms with Gasteiger partial charge in [-0.15, -0.1) is 45.3 Å². The first-order valence-corrected chi connectivity index (χ1v) is 13.4. The molecule has 0 radical (unpaired) electrons. The molecule has 0 aromatic carbocycles. The van der Waals surface area contributed by atoms with Crippen LogP contribution in [0.5, 0.6) is 0 Å².